The molecule has 0 saturated carbocycles. The van der Waals surface area contributed by atoms with Gasteiger partial charge in [0.1, 0.15) is 11.7 Å². The van der Waals surface area contributed by atoms with Crippen LogP contribution in [0.25, 0.3) is 10.8 Å². The summed E-state index contributed by atoms with van der Waals surface area (Å²) in [6.07, 6.45) is 0. The maximum atomic E-state index is 13.4. The van der Waals surface area contributed by atoms with Gasteiger partial charge in [-0.15, -0.1) is 0 Å². The Morgan fingerprint density at radius 2 is 1.27 bits per heavy atom. The lowest BCUT2D eigenvalue weighted by Gasteiger charge is -2.22. The van der Waals surface area contributed by atoms with E-state index in [1.54, 1.807) is 31.2 Å². The number of rotatable bonds is 10. The van der Waals surface area contributed by atoms with Crippen molar-refractivity contribution in [1.82, 2.24) is 0 Å². The molecule has 214 valence electrons. The van der Waals surface area contributed by atoms with Crippen molar-refractivity contribution in [2.24, 2.45) is 0 Å². The van der Waals surface area contributed by atoms with Crippen molar-refractivity contribution in [3.63, 3.8) is 0 Å². The number of hydrogen-bond acceptors (Lipinski definition) is 7. The molecule has 0 bridgehead atoms. The smallest absolute Gasteiger partial charge is 0.321 e. The molecule has 4 aromatic carbocycles. The second-order valence-electron chi connectivity index (χ2n) is 8.85. The SMILES string of the molecule is CCOC(=O)[C@@H](C(C)=O)c1cc(NS(=O)(=O)c2ccc(Cl)cc2)c2ccccc2c1NS(=O)(=O)c1ccc(Cl)cc1. The minimum atomic E-state index is -4.26. The fraction of sp³-hybridized carbons (Fsp3) is 0.143. The van der Waals surface area contributed by atoms with Gasteiger partial charge in [0.15, 0.2) is 0 Å². The van der Waals surface area contributed by atoms with E-state index < -0.39 is 37.7 Å². The molecule has 9 nitrogen and oxygen atoms in total. The van der Waals surface area contributed by atoms with Crippen LogP contribution in [0.3, 0.4) is 0 Å². The Bertz CT molecular complexity index is 1840. The van der Waals surface area contributed by atoms with Gasteiger partial charge >= 0.3 is 5.97 Å². The van der Waals surface area contributed by atoms with Crippen molar-refractivity contribution in [2.45, 2.75) is 29.6 Å². The Kier molecular flexibility index (Phi) is 8.93. The number of fused-ring (bicyclic) bond motifs is 1. The second kappa shape index (κ2) is 12.1. The van der Waals surface area contributed by atoms with Crippen LogP contribution in [0.1, 0.15) is 25.3 Å². The number of carbonyl (C=O) groups is 2. The molecule has 1 atom stereocenters. The van der Waals surface area contributed by atoms with Crippen molar-refractivity contribution in [3.05, 3.63) is 94.5 Å². The van der Waals surface area contributed by atoms with E-state index in [2.05, 4.69) is 9.44 Å². The molecular weight excluding hydrogens is 611 g/mol. The fourth-order valence-corrected chi connectivity index (χ4v) is 6.62. The summed E-state index contributed by atoms with van der Waals surface area (Å²) in [5.74, 6) is -3.13. The van der Waals surface area contributed by atoms with Gasteiger partial charge in [0, 0.05) is 26.4 Å². The average Bonchev–Trinajstić information content (AvgIpc) is 2.91. The largest absolute Gasteiger partial charge is 0.465 e. The van der Waals surface area contributed by atoms with Crippen LogP contribution in [-0.2, 0) is 34.4 Å². The summed E-state index contributed by atoms with van der Waals surface area (Å²) in [7, 11) is -8.43. The molecule has 0 amide bonds. The molecule has 0 aliphatic carbocycles. The highest BCUT2D eigenvalue weighted by Crippen LogP contribution is 2.40. The Morgan fingerprint density at radius 1 is 0.780 bits per heavy atom. The number of nitrogens with one attached hydrogen (secondary N) is 2. The predicted octanol–water partition coefficient (Wildman–Crippen LogP) is 5.98. The number of anilines is 2. The number of esters is 1. The maximum Gasteiger partial charge on any atom is 0.321 e. The lowest BCUT2D eigenvalue weighted by Crippen LogP contribution is -2.25. The number of ketones is 1. The topological polar surface area (TPSA) is 136 Å². The highest BCUT2D eigenvalue weighted by Gasteiger charge is 2.33. The summed E-state index contributed by atoms with van der Waals surface area (Å²) in [4.78, 5) is 25.6. The normalized spacial score (nSPS) is 12.5. The third-order valence-electron chi connectivity index (χ3n) is 6.04. The third-order valence-corrected chi connectivity index (χ3v) is 9.29. The average molecular weight is 636 g/mol. The minimum absolute atomic E-state index is 0.00976. The molecule has 4 rings (SSSR count). The molecule has 0 aromatic heterocycles. The third kappa shape index (κ3) is 6.65. The van der Waals surface area contributed by atoms with Gasteiger partial charge < -0.3 is 4.74 Å². The molecular formula is C28H24Cl2N2O7S2. The second-order valence-corrected chi connectivity index (χ2v) is 13.1. The van der Waals surface area contributed by atoms with Crippen LogP contribution in [-0.4, -0.2) is 35.2 Å². The van der Waals surface area contributed by atoms with Crippen molar-refractivity contribution in [2.75, 3.05) is 16.1 Å². The van der Waals surface area contributed by atoms with Gasteiger partial charge in [-0.2, -0.15) is 0 Å². The molecule has 4 aromatic rings. The Hall–Kier alpha value is -3.64. The molecule has 13 heteroatoms. The molecule has 0 radical (unpaired) electrons. The summed E-state index contributed by atoms with van der Waals surface area (Å²) in [5.41, 5.74) is -0.172. The Labute approximate surface area is 247 Å². The van der Waals surface area contributed by atoms with Crippen LogP contribution in [0.4, 0.5) is 11.4 Å². The van der Waals surface area contributed by atoms with E-state index in [0.717, 1.165) is 6.92 Å². The van der Waals surface area contributed by atoms with Gasteiger partial charge in [-0.1, -0.05) is 47.5 Å². The predicted molar refractivity (Wildman–Crippen MR) is 159 cm³/mol. The molecule has 0 fully saturated rings. The maximum absolute atomic E-state index is 13.4. The summed E-state index contributed by atoms with van der Waals surface area (Å²) in [5, 5.41) is 1.19. The van der Waals surface area contributed by atoms with E-state index in [9.17, 15) is 26.4 Å². The van der Waals surface area contributed by atoms with Gasteiger partial charge in [-0.3, -0.25) is 19.0 Å². The van der Waals surface area contributed by atoms with E-state index in [1.807, 2.05) is 0 Å². The number of carbonyl (C=O) groups excluding carboxylic acids is 2. The standard InChI is InChI=1S/C28H24Cl2N2O7S2/c1-3-39-28(34)26(17(2)33)24-16-25(31-40(35,36)20-12-8-18(29)9-13-20)22-6-4-5-7-23(22)27(24)32-41(37,38)21-14-10-19(30)11-15-21/h4-16,26,31-32H,3H2,1-2H3/t26-/m0/s1. The first-order valence-electron chi connectivity index (χ1n) is 12.1. The summed E-state index contributed by atoms with van der Waals surface area (Å²) in [6.45, 7) is 2.68. The van der Waals surface area contributed by atoms with Crippen LogP contribution < -0.4 is 9.44 Å². The van der Waals surface area contributed by atoms with Crippen molar-refractivity contribution in [1.29, 1.82) is 0 Å². The lowest BCUT2D eigenvalue weighted by molar-refractivity contribution is -0.147. The highest BCUT2D eigenvalue weighted by molar-refractivity contribution is 7.93. The highest BCUT2D eigenvalue weighted by atomic mass is 35.5. The molecule has 0 saturated heterocycles. The molecule has 0 aliphatic heterocycles. The molecule has 0 unspecified atom stereocenters. The van der Waals surface area contributed by atoms with Crippen molar-refractivity contribution >= 4 is 77.1 Å². The van der Waals surface area contributed by atoms with E-state index in [-0.39, 0.29) is 38.7 Å². The summed E-state index contributed by atoms with van der Waals surface area (Å²) < 4.78 is 63.6. The van der Waals surface area contributed by atoms with Crippen LogP contribution in [0.2, 0.25) is 10.0 Å². The van der Waals surface area contributed by atoms with Gasteiger partial charge in [0.2, 0.25) is 0 Å². The quantitative estimate of drug-likeness (QED) is 0.162. The first kappa shape index (κ1) is 30.3. The van der Waals surface area contributed by atoms with E-state index in [0.29, 0.717) is 15.4 Å². The minimum Gasteiger partial charge on any atom is -0.465 e. The number of Topliss-reactive ketones (excluding diaryl/α,β-unsaturated/α-hetero) is 1. The van der Waals surface area contributed by atoms with E-state index in [4.69, 9.17) is 27.9 Å². The molecule has 0 aliphatic rings. The van der Waals surface area contributed by atoms with E-state index in [1.165, 1.54) is 54.6 Å². The van der Waals surface area contributed by atoms with Gasteiger partial charge in [0.25, 0.3) is 20.0 Å². The number of benzene rings is 4. The Morgan fingerprint density at radius 3 is 1.76 bits per heavy atom. The van der Waals surface area contributed by atoms with Gasteiger partial charge in [0.05, 0.1) is 27.8 Å². The molecule has 0 heterocycles. The van der Waals surface area contributed by atoms with Gasteiger partial charge in [-0.25, -0.2) is 16.8 Å². The number of halogens is 2. The van der Waals surface area contributed by atoms with E-state index >= 15 is 0 Å². The molecule has 2 N–H and O–H groups in total. The van der Waals surface area contributed by atoms with Crippen molar-refractivity contribution in [3.8, 4) is 0 Å². The first-order valence-corrected chi connectivity index (χ1v) is 15.9. The summed E-state index contributed by atoms with van der Waals surface area (Å²) >= 11 is 11.8. The van der Waals surface area contributed by atoms with Crippen LogP contribution in [0, 0.1) is 0 Å². The lowest BCUT2D eigenvalue weighted by atomic mass is 9.90. The fourth-order valence-electron chi connectivity index (χ4n) is 4.18. The zero-order valence-corrected chi connectivity index (χ0v) is 24.9. The number of ether oxygens (including phenoxy) is 1. The van der Waals surface area contributed by atoms with Crippen LogP contribution >= 0.6 is 23.2 Å². The number of sulfonamides is 2. The first-order chi connectivity index (χ1) is 19.3. The number of hydrogen-bond donors (Lipinski definition) is 2. The van der Waals surface area contributed by atoms with Crippen molar-refractivity contribution < 1.29 is 31.2 Å². The zero-order valence-electron chi connectivity index (χ0n) is 21.7. The molecule has 41 heavy (non-hydrogen) atoms. The zero-order chi connectivity index (χ0) is 29.9. The monoisotopic (exact) mass is 634 g/mol. The van der Waals surface area contributed by atoms with Crippen LogP contribution in [0.5, 0.6) is 0 Å². The van der Waals surface area contributed by atoms with Gasteiger partial charge in [-0.05, 0) is 68.4 Å². The summed E-state index contributed by atoms with van der Waals surface area (Å²) in [6, 6.07) is 18.5. The molecule has 0 spiro atoms. The van der Waals surface area contributed by atoms with Crippen LogP contribution in [0.15, 0.2) is 88.7 Å². The Balaban J connectivity index is 1.98.